The number of rotatable bonds is 4. The fourth-order valence-electron chi connectivity index (χ4n) is 2.33. The summed E-state index contributed by atoms with van der Waals surface area (Å²) in [6.07, 6.45) is -5.50. The van der Waals surface area contributed by atoms with E-state index in [0.29, 0.717) is 6.54 Å². The van der Waals surface area contributed by atoms with Gasteiger partial charge >= 0.3 is 6.18 Å². The molecule has 1 fully saturated rings. The van der Waals surface area contributed by atoms with Crippen LogP contribution in [0.5, 0.6) is 5.75 Å². The molecule has 1 aromatic carbocycles. The lowest BCUT2D eigenvalue weighted by atomic mass is 10.2. The SMILES string of the molecule is C[C@H](Oc1ccccc1C(F)(F)F)C(=O)N[C@@H]1CC(=O)N(C)C1. The summed E-state index contributed by atoms with van der Waals surface area (Å²) in [5.41, 5.74) is -0.935. The molecule has 5 nitrogen and oxygen atoms in total. The van der Waals surface area contributed by atoms with Gasteiger partial charge in [0.1, 0.15) is 5.75 Å². The number of para-hydroxylation sites is 1. The minimum absolute atomic E-state index is 0.0914. The van der Waals surface area contributed by atoms with Crippen LogP contribution in [0.2, 0.25) is 0 Å². The highest BCUT2D eigenvalue weighted by Crippen LogP contribution is 2.36. The maximum absolute atomic E-state index is 12.9. The van der Waals surface area contributed by atoms with E-state index < -0.39 is 29.5 Å². The Morgan fingerprint density at radius 1 is 1.39 bits per heavy atom. The second-order valence-corrected chi connectivity index (χ2v) is 5.44. The molecule has 1 heterocycles. The van der Waals surface area contributed by atoms with E-state index in [-0.39, 0.29) is 18.4 Å². The Morgan fingerprint density at radius 2 is 2.04 bits per heavy atom. The van der Waals surface area contributed by atoms with Crippen molar-refractivity contribution in [3.05, 3.63) is 29.8 Å². The molecule has 0 saturated carbocycles. The van der Waals surface area contributed by atoms with Gasteiger partial charge < -0.3 is 15.0 Å². The predicted octanol–water partition coefficient (Wildman–Crippen LogP) is 1.82. The van der Waals surface area contributed by atoms with Crippen LogP contribution in [0.3, 0.4) is 0 Å². The predicted molar refractivity (Wildman–Crippen MR) is 75.7 cm³/mol. The highest BCUT2D eigenvalue weighted by molar-refractivity contribution is 5.84. The zero-order chi connectivity index (χ0) is 17.2. The number of alkyl halides is 3. The second-order valence-electron chi connectivity index (χ2n) is 5.44. The van der Waals surface area contributed by atoms with Gasteiger partial charge in [0, 0.05) is 20.0 Å². The number of benzene rings is 1. The van der Waals surface area contributed by atoms with E-state index in [1.165, 1.54) is 30.0 Å². The molecule has 1 N–H and O–H groups in total. The van der Waals surface area contributed by atoms with Crippen LogP contribution in [0, 0.1) is 0 Å². The molecular weight excluding hydrogens is 313 g/mol. The quantitative estimate of drug-likeness (QED) is 0.916. The third kappa shape index (κ3) is 4.14. The van der Waals surface area contributed by atoms with Crippen molar-refractivity contribution in [2.24, 2.45) is 0 Å². The summed E-state index contributed by atoms with van der Waals surface area (Å²) in [7, 11) is 1.62. The average Bonchev–Trinajstić information content (AvgIpc) is 2.76. The van der Waals surface area contributed by atoms with Gasteiger partial charge in [0.25, 0.3) is 5.91 Å². The van der Waals surface area contributed by atoms with Gasteiger partial charge in [-0.05, 0) is 19.1 Å². The molecule has 1 aliphatic heterocycles. The molecule has 1 saturated heterocycles. The maximum atomic E-state index is 12.9. The minimum atomic E-state index is -4.56. The van der Waals surface area contributed by atoms with E-state index in [4.69, 9.17) is 4.74 Å². The van der Waals surface area contributed by atoms with Gasteiger partial charge in [0.15, 0.2) is 6.10 Å². The maximum Gasteiger partial charge on any atom is 0.419 e. The van der Waals surface area contributed by atoms with Gasteiger partial charge in [0.05, 0.1) is 11.6 Å². The number of ether oxygens (including phenoxy) is 1. The Kier molecular flexibility index (Phi) is 4.82. The Balaban J connectivity index is 2.01. The number of nitrogens with one attached hydrogen (secondary N) is 1. The van der Waals surface area contributed by atoms with Crippen molar-refractivity contribution in [2.75, 3.05) is 13.6 Å². The number of nitrogens with zero attached hydrogens (tertiary/aromatic N) is 1. The van der Waals surface area contributed by atoms with Crippen LogP contribution in [0.25, 0.3) is 0 Å². The third-order valence-corrected chi connectivity index (χ3v) is 3.55. The molecule has 8 heteroatoms. The van der Waals surface area contributed by atoms with Crippen LogP contribution in [-0.4, -0.2) is 42.5 Å². The number of likely N-dealkylation sites (N-methyl/N-ethyl adjacent to an activating group) is 1. The highest BCUT2D eigenvalue weighted by atomic mass is 19.4. The fourth-order valence-corrected chi connectivity index (χ4v) is 2.33. The number of hydrogen-bond donors (Lipinski definition) is 1. The summed E-state index contributed by atoms with van der Waals surface area (Å²) in [6, 6.07) is 4.36. The van der Waals surface area contributed by atoms with Crippen LogP contribution < -0.4 is 10.1 Å². The van der Waals surface area contributed by atoms with Crippen LogP contribution in [0.1, 0.15) is 18.9 Å². The summed E-state index contributed by atoms with van der Waals surface area (Å²) in [5.74, 6) is -1.05. The molecule has 0 aliphatic carbocycles. The molecule has 0 unspecified atom stereocenters. The molecule has 23 heavy (non-hydrogen) atoms. The van der Waals surface area contributed by atoms with E-state index >= 15 is 0 Å². The molecule has 1 aliphatic rings. The first-order valence-corrected chi connectivity index (χ1v) is 7.05. The van der Waals surface area contributed by atoms with Crippen LogP contribution >= 0.6 is 0 Å². The number of carbonyl (C=O) groups excluding carboxylic acids is 2. The lowest BCUT2D eigenvalue weighted by Crippen LogP contribution is -2.43. The summed E-state index contributed by atoms with van der Waals surface area (Å²) in [5, 5.41) is 2.61. The molecule has 0 radical (unpaired) electrons. The molecule has 0 bridgehead atoms. The van der Waals surface area contributed by atoms with Gasteiger partial charge in [-0.15, -0.1) is 0 Å². The Labute approximate surface area is 131 Å². The first kappa shape index (κ1) is 17.1. The van der Waals surface area contributed by atoms with Crippen LogP contribution in [0.4, 0.5) is 13.2 Å². The largest absolute Gasteiger partial charge is 0.480 e. The molecular formula is C15H17F3N2O3. The van der Waals surface area contributed by atoms with Crippen molar-refractivity contribution >= 4 is 11.8 Å². The number of halogens is 3. The summed E-state index contributed by atoms with van der Waals surface area (Å²) in [6.45, 7) is 1.74. The lowest BCUT2D eigenvalue weighted by molar-refractivity contribution is -0.140. The van der Waals surface area contributed by atoms with Crippen LogP contribution in [0.15, 0.2) is 24.3 Å². The normalized spacial score (nSPS) is 19.6. The summed E-state index contributed by atoms with van der Waals surface area (Å²) in [4.78, 5) is 24.9. The van der Waals surface area contributed by atoms with Crippen molar-refractivity contribution < 1.29 is 27.5 Å². The number of likely N-dealkylation sites (tertiary alicyclic amines) is 1. The lowest BCUT2D eigenvalue weighted by Gasteiger charge is -2.20. The topological polar surface area (TPSA) is 58.6 Å². The highest BCUT2D eigenvalue weighted by Gasteiger charge is 2.35. The number of hydrogen-bond acceptors (Lipinski definition) is 3. The Hall–Kier alpha value is -2.25. The van der Waals surface area contributed by atoms with Crippen molar-refractivity contribution in [1.29, 1.82) is 0 Å². The van der Waals surface area contributed by atoms with Crippen molar-refractivity contribution in [1.82, 2.24) is 10.2 Å². The van der Waals surface area contributed by atoms with E-state index in [1.54, 1.807) is 7.05 Å². The van der Waals surface area contributed by atoms with Crippen molar-refractivity contribution in [2.45, 2.75) is 31.7 Å². The molecule has 2 atom stereocenters. The van der Waals surface area contributed by atoms with Crippen molar-refractivity contribution in [3.8, 4) is 5.75 Å². The molecule has 0 spiro atoms. The zero-order valence-electron chi connectivity index (χ0n) is 12.7. The average molecular weight is 330 g/mol. The van der Waals surface area contributed by atoms with E-state index in [1.807, 2.05) is 0 Å². The summed E-state index contributed by atoms with van der Waals surface area (Å²) >= 11 is 0. The minimum Gasteiger partial charge on any atom is -0.480 e. The zero-order valence-corrected chi connectivity index (χ0v) is 12.7. The third-order valence-electron chi connectivity index (χ3n) is 3.55. The number of carbonyl (C=O) groups is 2. The standard InChI is InChI=1S/C15H17F3N2O3/c1-9(14(22)19-10-7-13(21)20(2)8-10)23-12-6-4-3-5-11(12)15(16,17)18/h3-6,9-10H,7-8H2,1-2H3,(H,19,22)/t9-,10+/m0/s1. The smallest absolute Gasteiger partial charge is 0.419 e. The van der Waals surface area contributed by atoms with Gasteiger partial charge in [-0.3, -0.25) is 9.59 Å². The molecule has 126 valence electrons. The molecule has 2 amide bonds. The van der Waals surface area contributed by atoms with Gasteiger partial charge in [-0.1, -0.05) is 12.1 Å². The van der Waals surface area contributed by atoms with Crippen LogP contribution in [-0.2, 0) is 15.8 Å². The molecule has 0 aromatic heterocycles. The Bertz CT molecular complexity index is 604. The van der Waals surface area contributed by atoms with Crippen molar-refractivity contribution in [3.63, 3.8) is 0 Å². The fraction of sp³-hybridized carbons (Fsp3) is 0.467. The van der Waals surface area contributed by atoms with E-state index in [0.717, 1.165) is 6.07 Å². The first-order valence-electron chi connectivity index (χ1n) is 7.05. The second kappa shape index (κ2) is 6.47. The van der Waals surface area contributed by atoms with E-state index in [2.05, 4.69) is 5.32 Å². The van der Waals surface area contributed by atoms with Gasteiger partial charge in [-0.25, -0.2) is 0 Å². The Morgan fingerprint density at radius 3 is 2.61 bits per heavy atom. The van der Waals surface area contributed by atoms with Gasteiger partial charge in [0.2, 0.25) is 5.91 Å². The summed E-state index contributed by atoms with van der Waals surface area (Å²) < 4.78 is 43.8. The molecule has 2 rings (SSSR count). The number of amides is 2. The van der Waals surface area contributed by atoms with Gasteiger partial charge in [-0.2, -0.15) is 13.2 Å². The first-order chi connectivity index (χ1) is 10.7. The molecule has 1 aromatic rings. The monoisotopic (exact) mass is 330 g/mol. The van der Waals surface area contributed by atoms with E-state index in [9.17, 15) is 22.8 Å².